The van der Waals surface area contributed by atoms with Crippen LogP contribution in [0.4, 0.5) is 0 Å². The number of rotatable bonds is 8. The van der Waals surface area contributed by atoms with E-state index in [1.165, 1.54) is 12.8 Å². The predicted molar refractivity (Wildman–Crippen MR) is 71.2 cm³/mol. The average molecular weight is 254 g/mol. The number of ether oxygens (including phenoxy) is 1. The van der Waals surface area contributed by atoms with Crippen molar-refractivity contribution in [1.29, 1.82) is 0 Å². The van der Waals surface area contributed by atoms with Crippen molar-refractivity contribution < 1.29 is 14.3 Å². The van der Waals surface area contributed by atoms with E-state index in [-0.39, 0.29) is 17.8 Å². The molecule has 0 aromatic rings. The number of unbranched alkanes of at least 4 members (excludes halogenated alkanes) is 2. The van der Waals surface area contributed by atoms with Crippen LogP contribution >= 0.6 is 0 Å². The Hall–Kier alpha value is -0.860. The molecule has 2 unspecified atom stereocenters. The number of Topliss-reactive ketones (excluding diaryl/α,β-unsaturated/α-hetero) is 1. The molecule has 0 bridgehead atoms. The van der Waals surface area contributed by atoms with E-state index in [9.17, 15) is 9.59 Å². The van der Waals surface area contributed by atoms with E-state index in [1.807, 2.05) is 6.92 Å². The van der Waals surface area contributed by atoms with Crippen LogP contribution in [0, 0.1) is 11.8 Å². The van der Waals surface area contributed by atoms with Gasteiger partial charge in [0.25, 0.3) is 0 Å². The summed E-state index contributed by atoms with van der Waals surface area (Å²) in [6.45, 7) is 4.65. The quantitative estimate of drug-likeness (QED) is 0.492. The van der Waals surface area contributed by atoms with Crippen molar-refractivity contribution in [2.45, 2.75) is 65.2 Å². The Morgan fingerprint density at radius 3 is 2.72 bits per heavy atom. The van der Waals surface area contributed by atoms with E-state index in [0.717, 1.165) is 25.7 Å². The molecular weight excluding hydrogens is 228 g/mol. The monoisotopic (exact) mass is 254 g/mol. The van der Waals surface area contributed by atoms with E-state index in [2.05, 4.69) is 6.92 Å². The number of carbonyl (C=O) groups is 2. The van der Waals surface area contributed by atoms with Crippen LogP contribution in [0.25, 0.3) is 0 Å². The van der Waals surface area contributed by atoms with Crippen LogP contribution in [0.2, 0.25) is 0 Å². The maximum atomic E-state index is 11.8. The Morgan fingerprint density at radius 2 is 2.06 bits per heavy atom. The summed E-state index contributed by atoms with van der Waals surface area (Å²) >= 11 is 0. The highest BCUT2D eigenvalue weighted by Gasteiger charge is 2.35. The molecule has 1 fully saturated rings. The van der Waals surface area contributed by atoms with Gasteiger partial charge in [0.15, 0.2) is 0 Å². The molecule has 2 atom stereocenters. The van der Waals surface area contributed by atoms with Crippen LogP contribution in [0.1, 0.15) is 65.2 Å². The normalized spacial score (nSPS) is 23.3. The third kappa shape index (κ3) is 4.79. The average Bonchev–Trinajstić information content (AvgIpc) is 2.69. The van der Waals surface area contributed by atoms with E-state index in [1.54, 1.807) is 0 Å². The van der Waals surface area contributed by atoms with Gasteiger partial charge in [0.1, 0.15) is 5.78 Å². The molecule has 0 radical (unpaired) electrons. The van der Waals surface area contributed by atoms with Crippen LogP contribution < -0.4 is 0 Å². The summed E-state index contributed by atoms with van der Waals surface area (Å²) in [5.41, 5.74) is 0. The fourth-order valence-corrected chi connectivity index (χ4v) is 2.72. The number of carbonyl (C=O) groups excluding carboxylic acids is 2. The highest BCUT2D eigenvalue weighted by atomic mass is 16.5. The number of esters is 1. The van der Waals surface area contributed by atoms with Crippen molar-refractivity contribution in [3.05, 3.63) is 0 Å². The molecule has 3 nitrogen and oxygen atoms in total. The minimum absolute atomic E-state index is 0.116. The SMILES string of the molecule is CCCCCC1C(=O)CCC1CC(=O)OCCC. The van der Waals surface area contributed by atoms with Gasteiger partial charge in [0.05, 0.1) is 6.61 Å². The lowest BCUT2D eigenvalue weighted by molar-refractivity contribution is -0.145. The van der Waals surface area contributed by atoms with Crippen LogP contribution in [0.15, 0.2) is 0 Å². The van der Waals surface area contributed by atoms with E-state index < -0.39 is 0 Å². The molecular formula is C15H26O3. The van der Waals surface area contributed by atoms with Crippen molar-refractivity contribution >= 4 is 11.8 Å². The summed E-state index contributed by atoms with van der Waals surface area (Å²) in [5, 5.41) is 0. The van der Waals surface area contributed by atoms with Gasteiger partial charge in [0, 0.05) is 18.8 Å². The number of hydrogen-bond acceptors (Lipinski definition) is 3. The van der Waals surface area contributed by atoms with Gasteiger partial charge < -0.3 is 4.74 Å². The smallest absolute Gasteiger partial charge is 0.306 e. The first-order valence-corrected chi connectivity index (χ1v) is 7.37. The lowest BCUT2D eigenvalue weighted by atomic mass is 9.88. The first-order chi connectivity index (χ1) is 8.69. The van der Waals surface area contributed by atoms with Crippen LogP contribution in [-0.2, 0) is 14.3 Å². The summed E-state index contributed by atoms with van der Waals surface area (Å²) in [5.74, 6) is 0.584. The topological polar surface area (TPSA) is 43.4 Å². The molecule has 1 rings (SSSR count). The summed E-state index contributed by atoms with van der Waals surface area (Å²) in [6, 6.07) is 0. The van der Waals surface area contributed by atoms with E-state index >= 15 is 0 Å². The number of hydrogen-bond donors (Lipinski definition) is 0. The zero-order valence-electron chi connectivity index (χ0n) is 11.7. The molecule has 3 heteroatoms. The Labute approximate surface area is 110 Å². The molecule has 0 N–H and O–H groups in total. The third-order valence-electron chi connectivity index (χ3n) is 3.76. The maximum Gasteiger partial charge on any atom is 0.306 e. The van der Waals surface area contributed by atoms with Crippen molar-refractivity contribution in [3.8, 4) is 0 Å². The highest BCUT2D eigenvalue weighted by molar-refractivity contribution is 5.84. The minimum atomic E-state index is -0.128. The summed E-state index contributed by atoms with van der Waals surface area (Å²) in [7, 11) is 0. The summed E-state index contributed by atoms with van der Waals surface area (Å²) in [6.07, 6.45) is 7.23. The first-order valence-electron chi connectivity index (χ1n) is 7.37. The Balaban J connectivity index is 2.37. The van der Waals surface area contributed by atoms with Gasteiger partial charge >= 0.3 is 5.97 Å². The van der Waals surface area contributed by atoms with Gasteiger partial charge in [-0.1, -0.05) is 33.1 Å². The molecule has 18 heavy (non-hydrogen) atoms. The molecule has 0 amide bonds. The fraction of sp³-hybridized carbons (Fsp3) is 0.867. The molecule has 0 aromatic carbocycles. The van der Waals surface area contributed by atoms with Gasteiger partial charge in [-0.15, -0.1) is 0 Å². The molecule has 0 spiro atoms. The van der Waals surface area contributed by atoms with Gasteiger partial charge in [-0.25, -0.2) is 0 Å². The van der Waals surface area contributed by atoms with Gasteiger partial charge in [-0.3, -0.25) is 9.59 Å². The zero-order valence-corrected chi connectivity index (χ0v) is 11.7. The van der Waals surface area contributed by atoms with Crippen molar-refractivity contribution in [2.24, 2.45) is 11.8 Å². The lowest BCUT2D eigenvalue weighted by Gasteiger charge is -2.17. The second-order valence-electron chi connectivity index (χ2n) is 5.29. The first kappa shape index (κ1) is 15.2. The van der Waals surface area contributed by atoms with E-state index in [4.69, 9.17) is 4.74 Å². The molecule has 1 saturated carbocycles. The van der Waals surface area contributed by atoms with Crippen LogP contribution in [0.3, 0.4) is 0 Å². The highest BCUT2D eigenvalue weighted by Crippen LogP contribution is 2.35. The Morgan fingerprint density at radius 1 is 1.28 bits per heavy atom. The fourth-order valence-electron chi connectivity index (χ4n) is 2.72. The number of ketones is 1. The Bertz CT molecular complexity index is 273. The van der Waals surface area contributed by atoms with Crippen LogP contribution in [0.5, 0.6) is 0 Å². The molecule has 0 aliphatic heterocycles. The predicted octanol–water partition coefficient (Wildman–Crippen LogP) is 3.51. The minimum Gasteiger partial charge on any atom is -0.466 e. The molecule has 0 saturated heterocycles. The maximum absolute atomic E-state index is 11.8. The van der Waals surface area contributed by atoms with E-state index in [0.29, 0.717) is 25.2 Å². The second kappa shape index (κ2) is 8.28. The second-order valence-corrected chi connectivity index (χ2v) is 5.29. The third-order valence-corrected chi connectivity index (χ3v) is 3.76. The summed E-state index contributed by atoms with van der Waals surface area (Å²) < 4.78 is 5.11. The molecule has 0 heterocycles. The van der Waals surface area contributed by atoms with Gasteiger partial charge in [-0.05, 0) is 25.2 Å². The molecule has 104 valence electrons. The standard InChI is InChI=1S/C15H26O3/c1-3-5-6-7-13-12(8-9-14(13)16)11-15(17)18-10-4-2/h12-13H,3-11H2,1-2H3. The summed E-state index contributed by atoms with van der Waals surface area (Å²) in [4.78, 5) is 23.4. The Kier molecular flexibility index (Phi) is 6.99. The van der Waals surface area contributed by atoms with Crippen molar-refractivity contribution in [2.75, 3.05) is 6.61 Å². The lowest BCUT2D eigenvalue weighted by Crippen LogP contribution is -2.19. The molecule has 1 aliphatic rings. The molecule has 1 aliphatic carbocycles. The zero-order chi connectivity index (χ0) is 13.4. The van der Waals surface area contributed by atoms with Crippen LogP contribution in [-0.4, -0.2) is 18.4 Å². The van der Waals surface area contributed by atoms with Crippen molar-refractivity contribution in [1.82, 2.24) is 0 Å². The van der Waals surface area contributed by atoms with Gasteiger partial charge in [0.2, 0.25) is 0 Å². The largest absolute Gasteiger partial charge is 0.466 e. The van der Waals surface area contributed by atoms with Crippen molar-refractivity contribution in [3.63, 3.8) is 0 Å². The molecule has 0 aromatic heterocycles. The van der Waals surface area contributed by atoms with Gasteiger partial charge in [-0.2, -0.15) is 0 Å².